The maximum absolute atomic E-state index is 14.0. The number of hydrogen-bond acceptors (Lipinski definition) is 6. The van der Waals surface area contributed by atoms with Crippen molar-refractivity contribution in [3.05, 3.63) is 51.0 Å². The van der Waals surface area contributed by atoms with Gasteiger partial charge in [0.05, 0.1) is 10.7 Å². The molecule has 0 bridgehead atoms. The van der Waals surface area contributed by atoms with Gasteiger partial charge in [0.25, 0.3) is 0 Å². The number of nitrogens with zero attached hydrogens (tertiary/aromatic N) is 2. The summed E-state index contributed by atoms with van der Waals surface area (Å²) in [6.45, 7) is 1.72. The smallest absolute Gasteiger partial charge is 0.415 e. The number of primary sulfonamides is 1. The molecule has 0 radical (unpaired) electrons. The molecule has 11 heteroatoms. The molecule has 0 atom stereocenters. The molecule has 3 rings (SSSR count). The highest BCUT2D eigenvalue weighted by Gasteiger charge is 2.23. The van der Waals surface area contributed by atoms with Crippen LogP contribution in [-0.4, -0.2) is 18.0 Å². The summed E-state index contributed by atoms with van der Waals surface area (Å²) in [4.78, 5) is 14.8. The Morgan fingerprint density at radius 2 is 1.92 bits per heavy atom. The van der Waals surface area contributed by atoms with Crippen molar-refractivity contribution in [2.45, 2.75) is 11.8 Å². The topological polar surface area (TPSA) is 108 Å². The van der Waals surface area contributed by atoms with E-state index < -0.39 is 32.3 Å². The number of sulfonamides is 1. The molecule has 7 nitrogen and oxygen atoms in total. The Morgan fingerprint density at radius 3 is 2.42 bits per heavy atom. The fourth-order valence-corrected chi connectivity index (χ4v) is 3.40. The number of thiazole rings is 1. The lowest BCUT2D eigenvalue weighted by Gasteiger charge is -2.07. The Bertz CT molecular complexity index is 1080. The summed E-state index contributed by atoms with van der Waals surface area (Å²) >= 11 is 1.27. The average Bonchev–Trinajstić information content (AvgIpc) is 3.02. The average molecular weight is 373 g/mol. The van der Waals surface area contributed by atoms with Crippen molar-refractivity contribution < 1.29 is 21.6 Å². The van der Waals surface area contributed by atoms with E-state index in [1.165, 1.54) is 11.3 Å². The predicted octanol–water partition coefficient (Wildman–Crippen LogP) is 1.79. The molecular weight excluding hydrogens is 364 g/mol. The summed E-state index contributed by atoms with van der Waals surface area (Å²) in [7, 11) is -4.57. The molecule has 3 aromatic rings. The first kappa shape index (κ1) is 16.5. The van der Waals surface area contributed by atoms with Gasteiger partial charge in [0.2, 0.25) is 10.0 Å². The number of oxazole rings is 1. The van der Waals surface area contributed by atoms with Gasteiger partial charge in [-0.3, -0.25) is 0 Å². The van der Waals surface area contributed by atoms with Crippen LogP contribution in [0.1, 0.15) is 5.01 Å². The molecule has 1 aromatic carbocycles. The van der Waals surface area contributed by atoms with Crippen LogP contribution in [0.15, 0.2) is 37.9 Å². The van der Waals surface area contributed by atoms with Crippen LogP contribution < -0.4 is 10.9 Å². The van der Waals surface area contributed by atoms with Crippen LogP contribution in [0.2, 0.25) is 0 Å². The molecule has 2 heterocycles. The SMILES string of the molecule is Cc1nc(-n2c(-c3cc(F)c(S(N)(=O)=O)c(F)c3)coc2=O)cs1. The highest BCUT2D eigenvalue weighted by atomic mass is 32.2. The zero-order valence-corrected chi connectivity index (χ0v) is 13.6. The Labute approximate surface area is 138 Å². The van der Waals surface area contributed by atoms with Crippen LogP contribution in [0.25, 0.3) is 17.1 Å². The van der Waals surface area contributed by atoms with E-state index in [4.69, 9.17) is 9.56 Å². The first-order chi connectivity index (χ1) is 11.2. The molecule has 126 valence electrons. The van der Waals surface area contributed by atoms with Crippen molar-refractivity contribution in [2.24, 2.45) is 5.14 Å². The first-order valence-corrected chi connectivity index (χ1v) is 8.76. The van der Waals surface area contributed by atoms with Gasteiger partial charge in [-0.1, -0.05) is 0 Å². The molecule has 0 spiro atoms. The fraction of sp³-hybridized carbons (Fsp3) is 0.0769. The van der Waals surface area contributed by atoms with Crippen molar-refractivity contribution in [1.82, 2.24) is 9.55 Å². The third kappa shape index (κ3) is 2.77. The second kappa shape index (κ2) is 5.61. The second-order valence-corrected chi connectivity index (χ2v) is 7.32. The van der Waals surface area contributed by atoms with Gasteiger partial charge in [-0.2, -0.15) is 0 Å². The third-order valence-corrected chi connectivity index (χ3v) is 4.83. The van der Waals surface area contributed by atoms with Crippen LogP contribution in [0.4, 0.5) is 8.78 Å². The van der Waals surface area contributed by atoms with Crippen molar-refractivity contribution in [3.8, 4) is 17.1 Å². The van der Waals surface area contributed by atoms with Crippen molar-refractivity contribution in [2.75, 3.05) is 0 Å². The number of halogens is 2. The third-order valence-electron chi connectivity index (χ3n) is 3.11. The summed E-state index contributed by atoms with van der Waals surface area (Å²) < 4.78 is 56.3. The van der Waals surface area contributed by atoms with Crippen LogP contribution >= 0.6 is 11.3 Å². The molecule has 0 fully saturated rings. The molecule has 2 aromatic heterocycles. The summed E-state index contributed by atoms with van der Waals surface area (Å²) in [6, 6.07) is 1.51. The zero-order chi connectivity index (χ0) is 17.6. The van der Waals surface area contributed by atoms with Gasteiger partial charge in [0, 0.05) is 10.9 Å². The molecule has 0 saturated heterocycles. The molecule has 0 amide bonds. The number of aryl methyl sites for hydroxylation is 1. The molecule has 0 unspecified atom stereocenters. The van der Waals surface area contributed by atoms with Crippen LogP contribution in [0, 0.1) is 18.6 Å². The molecule has 24 heavy (non-hydrogen) atoms. The molecule has 0 aliphatic carbocycles. The summed E-state index contributed by atoms with van der Waals surface area (Å²) in [5.74, 6) is -3.32. The molecule has 0 saturated carbocycles. The van der Waals surface area contributed by atoms with E-state index in [2.05, 4.69) is 4.98 Å². The summed E-state index contributed by atoms with van der Waals surface area (Å²) in [5, 5.41) is 7.03. The number of benzene rings is 1. The van der Waals surface area contributed by atoms with Gasteiger partial charge in [-0.15, -0.1) is 11.3 Å². The van der Waals surface area contributed by atoms with Gasteiger partial charge < -0.3 is 4.42 Å². The fourth-order valence-electron chi connectivity index (χ4n) is 2.16. The lowest BCUT2D eigenvalue weighted by Crippen LogP contribution is -2.17. The molecule has 2 N–H and O–H groups in total. The second-order valence-electron chi connectivity index (χ2n) is 4.76. The summed E-state index contributed by atoms with van der Waals surface area (Å²) in [5.41, 5.74) is -0.0852. The van der Waals surface area contributed by atoms with Crippen molar-refractivity contribution in [3.63, 3.8) is 0 Å². The zero-order valence-electron chi connectivity index (χ0n) is 12.0. The maximum atomic E-state index is 14.0. The van der Waals surface area contributed by atoms with E-state index >= 15 is 0 Å². The Hall–Kier alpha value is -2.37. The predicted molar refractivity (Wildman–Crippen MR) is 81.4 cm³/mol. The lowest BCUT2D eigenvalue weighted by molar-refractivity contribution is 0.503. The van der Waals surface area contributed by atoms with Gasteiger partial charge >= 0.3 is 5.76 Å². The number of rotatable bonds is 3. The normalized spacial score (nSPS) is 11.8. The number of nitrogens with two attached hydrogens (primary N) is 1. The Kier molecular flexibility index (Phi) is 3.86. The highest BCUT2D eigenvalue weighted by molar-refractivity contribution is 7.89. The van der Waals surface area contributed by atoms with Gasteiger partial charge in [-0.05, 0) is 19.1 Å². The molecule has 0 aliphatic rings. The highest BCUT2D eigenvalue weighted by Crippen LogP contribution is 2.27. The van der Waals surface area contributed by atoms with Crippen LogP contribution in [-0.2, 0) is 10.0 Å². The minimum atomic E-state index is -4.57. The lowest BCUT2D eigenvalue weighted by atomic mass is 10.1. The molecular formula is C13H9F2N3O4S2. The summed E-state index contributed by atoms with van der Waals surface area (Å²) in [6.07, 6.45) is 1.00. The Balaban J connectivity index is 2.24. The van der Waals surface area contributed by atoms with Gasteiger partial charge in [0.15, 0.2) is 10.7 Å². The van der Waals surface area contributed by atoms with E-state index in [9.17, 15) is 22.0 Å². The van der Waals surface area contributed by atoms with Crippen molar-refractivity contribution >= 4 is 21.4 Å². The van der Waals surface area contributed by atoms with E-state index in [1.54, 1.807) is 12.3 Å². The standard InChI is InChI=1S/C13H9F2N3O4S2/c1-6-17-11(5-23-6)18-10(4-22-13(18)19)7-2-8(14)12(9(15)3-7)24(16,20)21/h2-5H,1H3,(H2,16,20,21). The Morgan fingerprint density at radius 1 is 1.29 bits per heavy atom. The van der Waals surface area contributed by atoms with E-state index in [0.717, 1.165) is 23.0 Å². The van der Waals surface area contributed by atoms with Crippen LogP contribution in [0.3, 0.4) is 0 Å². The van der Waals surface area contributed by atoms with E-state index in [0.29, 0.717) is 5.01 Å². The monoisotopic (exact) mass is 373 g/mol. The molecule has 0 aliphatic heterocycles. The first-order valence-electron chi connectivity index (χ1n) is 6.33. The number of aromatic nitrogens is 2. The van der Waals surface area contributed by atoms with E-state index in [1.807, 2.05) is 0 Å². The van der Waals surface area contributed by atoms with E-state index in [-0.39, 0.29) is 17.1 Å². The minimum Gasteiger partial charge on any atom is -0.415 e. The van der Waals surface area contributed by atoms with Gasteiger partial charge in [-0.25, -0.2) is 36.7 Å². The van der Waals surface area contributed by atoms with Crippen molar-refractivity contribution in [1.29, 1.82) is 0 Å². The largest absolute Gasteiger partial charge is 0.425 e. The minimum absolute atomic E-state index is 0.0177. The van der Waals surface area contributed by atoms with Gasteiger partial charge in [0.1, 0.15) is 17.9 Å². The van der Waals surface area contributed by atoms with Crippen LogP contribution in [0.5, 0.6) is 0 Å². The number of hydrogen-bond donors (Lipinski definition) is 1. The quantitative estimate of drug-likeness (QED) is 0.753. The maximum Gasteiger partial charge on any atom is 0.425 e.